The number of aryl methyl sites for hydroxylation is 1. The predicted molar refractivity (Wildman–Crippen MR) is 95.8 cm³/mol. The molecule has 3 heterocycles. The third kappa shape index (κ3) is 3.50. The van der Waals surface area contributed by atoms with Gasteiger partial charge < -0.3 is 4.90 Å². The Kier molecular flexibility index (Phi) is 4.63. The van der Waals surface area contributed by atoms with Gasteiger partial charge in [-0.2, -0.15) is 5.10 Å². The summed E-state index contributed by atoms with van der Waals surface area (Å²) >= 11 is 0. The molecule has 2 aliphatic rings. The molecule has 6 heteroatoms. The summed E-state index contributed by atoms with van der Waals surface area (Å²) in [5, 5.41) is 8.46. The normalized spacial score (nSPS) is 24.6. The molecule has 5 nitrogen and oxygen atoms in total. The van der Waals surface area contributed by atoms with Crippen molar-refractivity contribution in [1.82, 2.24) is 21.0 Å². The van der Waals surface area contributed by atoms with Crippen LogP contribution in [0.5, 0.6) is 0 Å². The number of aromatic nitrogens is 2. The fraction of sp³-hybridized carbons (Fsp3) is 0.474. The minimum atomic E-state index is -0.157. The van der Waals surface area contributed by atoms with E-state index < -0.39 is 0 Å². The van der Waals surface area contributed by atoms with Crippen molar-refractivity contribution >= 4 is 5.82 Å². The Morgan fingerprint density at radius 2 is 1.96 bits per heavy atom. The van der Waals surface area contributed by atoms with E-state index in [0.717, 1.165) is 49.6 Å². The number of hydrogen-bond donors (Lipinski definition) is 2. The molecule has 0 aliphatic carbocycles. The zero-order valence-corrected chi connectivity index (χ0v) is 14.5. The largest absolute Gasteiger partial charge is 0.355 e. The van der Waals surface area contributed by atoms with Gasteiger partial charge in [0.05, 0.1) is 5.69 Å². The number of rotatable bonds is 3. The van der Waals surface area contributed by atoms with E-state index in [1.165, 1.54) is 6.07 Å². The Balaban J connectivity index is 1.42. The molecule has 0 saturated carbocycles. The molecule has 0 bridgehead atoms. The molecule has 1 aromatic heterocycles. The summed E-state index contributed by atoms with van der Waals surface area (Å²) < 4.78 is 13.6. The highest BCUT2D eigenvalue weighted by molar-refractivity contribution is 5.37. The van der Waals surface area contributed by atoms with E-state index in [1.54, 1.807) is 12.1 Å². The maximum Gasteiger partial charge on any atom is 0.151 e. The first-order valence-corrected chi connectivity index (χ1v) is 9.00. The van der Waals surface area contributed by atoms with Crippen LogP contribution in [-0.2, 0) is 0 Å². The molecule has 2 atom stereocenters. The van der Waals surface area contributed by atoms with E-state index in [4.69, 9.17) is 0 Å². The van der Waals surface area contributed by atoms with Crippen molar-refractivity contribution in [3.63, 3.8) is 0 Å². The van der Waals surface area contributed by atoms with E-state index in [1.807, 2.05) is 25.1 Å². The zero-order chi connectivity index (χ0) is 17.2. The number of nitrogens with one attached hydrogen (secondary N) is 2. The fourth-order valence-electron chi connectivity index (χ4n) is 4.07. The lowest BCUT2D eigenvalue weighted by Gasteiger charge is -2.36. The summed E-state index contributed by atoms with van der Waals surface area (Å²) in [4.78, 5) is 2.31. The standard InChI is InChI=1S/C19H24FN5/c1-13-5-6-18(23-22-13)25-9-7-14(8-10-25)19-17(12-21-24-19)15-3-2-4-16(20)11-15/h2-6,11,14,17,19,21,24H,7-10,12H2,1H3. The Hall–Kier alpha value is -2.05. The number of piperidine rings is 1. The van der Waals surface area contributed by atoms with Gasteiger partial charge in [-0.1, -0.05) is 12.1 Å². The molecule has 2 aromatic rings. The zero-order valence-electron chi connectivity index (χ0n) is 14.5. The first-order valence-electron chi connectivity index (χ1n) is 9.00. The van der Waals surface area contributed by atoms with Gasteiger partial charge in [-0.3, -0.25) is 10.9 Å². The molecule has 2 aliphatic heterocycles. The van der Waals surface area contributed by atoms with Gasteiger partial charge in [-0.25, -0.2) is 4.39 Å². The SMILES string of the molecule is Cc1ccc(N2CCC(C3NNCC3c3cccc(F)c3)CC2)nn1. The molecule has 2 unspecified atom stereocenters. The molecule has 2 fully saturated rings. The molecule has 1 aromatic carbocycles. The van der Waals surface area contributed by atoms with E-state index in [9.17, 15) is 4.39 Å². The smallest absolute Gasteiger partial charge is 0.151 e. The van der Waals surface area contributed by atoms with Gasteiger partial charge in [0.1, 0.15) is 5.82 Å². The summed E-state index contributed by atoms with van der Waals surface area (Å²) in [7, 11) is 0. The van der Waals surface area contributed by atoms with Gasteiger partial charge in [-0.05, 0) is 55.5 Å². The minimum Gasteiger partial charge on any atom is -0.355 e. The fourth-order valence-corrected chi connectivity index (χ4v) is 4.07. The highest BCUT2D eigenvalue weighted by Gasteiger charge is 2.36. The highest BCUT2D eigenvalue weighted by atomic mass is 19.1. The highest BCUT2D eigenvalue weighted by Crippen LogP contribution is 2.33. The van der Waals surface area contributed by atoms with E-state index in [0.29, 0.717) is 17.9 Å². The summed E-state index contributed by atoms with van der Waals surface area (Å²) in [6.07, 6.45) is 2.20. The van der Waals surface area contributed by atoms with Gasteiger partial charge in [0.25, 0.3) is 0 Å². The van der Waals surface area contributed by atoms with Crippen LogP contribution in [0.2, 0.25) is 0 Å². The summed E-state index contributed by atoms with van der Waals surface area (Å²) in [5.74, 6) is 1.68. The van der Waals surface area contributed by atoms with E-state index in [2.05, 4.69) is 25.9 Å². The molecule has 132 valence electrons. The molecular formula is C19H24FN5. The quantitative estimate of drug-likeness (QED) is 0.898. The van der Waals surface area contributed by atoms with Crippen molar-refractivity contribution in [3.8, 4) is 0 Å². The lowest BCUT2D eigenvalue weighted by Crippen LogP contribution is -2.44. The van der Waals surface area contributed by atoms with Crippen LogP contribution in [0.4, 0.5) is 10.2 Å². The van der Waals surface area contributed by atoms with Gasteiger partial charge in [0.2, 0.25) is 0 Å². The number of benzene rings is 1. The summed E-state index contributed by atoms with van der Waals surface area (Å²) in [5.41, 5.74) is 8.74. The maximum absolute atomic E-state index is 13.6. The average molecular weight is 341 g/mol. The average Bonchev–Trinajstić information content (AvgIpc) is 3.12. The summed E-state index contributed by atoms with van der Waals surface area (Å²) in [6.45, 7) is 4.76. The summed E-state index contributed by atoms with van der Waals surface area (Å²) in [6, 6.07) is 11.4. The van der Waals surface area contributed by atoms with E-state index >= 15 is 0 Å². The number of anilines is 1. The molecule has 2 N–H and O–H groups in total. The third-order valence-corrected chi connectivity index (χ3v) is 5.46. The van der Waals surface area contributed by atoms with Gasteiger partial charge in [0, 0.05) is 31.6 Å². The van der Waals surface area contributed by atoms with E-state index in [-0.39, 0.29) is 5.82 Å². The van der Waals surface area contributed by atoms with Crippen LogP contribution in [0.1, 0.15) is 30.0 Å². The van der Waals surface area contributed by atoms with Crippen molar-refractivity contribution in [2.75, 3.05) is 24.5 Å². The molecule has 2 saturated heterocycles. The Morgan fingerprint density at radius 3 is 2.68 bits per heavy atom. The van der Waals surface area contributed by atoms with Crippen LogP contribution in [0.25, 0.3) is 0 Å². The number of halogens is 1. The number of hydrogen-bond acceptors (Lipinski definition) is 5. The molecule has 0 radical (unpaired) electrons. The van der Waals surface area contributed by atoms with Crippen LogP contribution in [-0.4, -0.2) is 35.9 Å². The lowest BCUT2D eigenvalue weighted by molar-refractivity contribution is 0.295. The first kappa shape index (κ1) is 16.4. The second kappa shape index (κ2) is 7.06. The number of hydrazine groups is 1. The Labute approximate surface area is 147 Å². The monoisotopic (exact) mass is 341 g/mol. The van der Waals surface area contributed by atoms with Crippen LogP contribution < -0.4 is 15.8 Å². The van der Waals surface area contributed by atoms with Crippen LogP contribution in [0.15, 0.2) is 36.4 Å². The molecule has 0 spiro atoms. The van der Waals surface area contributed by atoms with Crippen molar-refractivity contribution in [1.29, 1.82) is 0 Å². The van der Waals surface area contributed by atoms with Crippen LogP contribution in [0, 0.1) is 18.7 Å². The molecule has 4 rings (SSSR count). The number of nitrogens with zero attached hydrogens (tertiary/aromatic N) is 3. The Morgan fingerprint density at radius 1 is 1.12 bits per heavy atom. The second-order valence-electron chi connectivity index (χ2n) is 7.07. The van der Waals surface area contributed by atoms with Gasteiger partial charge >= 0.3 is 0 Å². The third-order valence-electron chi connectivity index (χ3n) is 5.46. The maximum atomic E-state index is 13.6. The molecule has 25 heavy (non-hydrogen) atoms. The molecule has 0 amide bonds. The first-order chi connectivity index (χ1) is 12.2. The van der Waals surface area contributed by atoms with Crippen molar-refractivity contribution in [3.05, 3.63) is 53.5 Å². The van der Waals surface area contributed by atoms with Gasteiger partial charge in [0.15, 0.2) is 5.82 Å². The topological polar surface area (TPSA) is 53.1 Å². The minimum absolute atomic E-state index is 0.157. The second-order valence-corrected chi connectivity index (χ2v) is 7.07. The van der Waals surface area contributed by atoms with Crippen molar-refractivity contribution < 1.29 is 4.39 Å². The predicted octanol–water partition coefficient (Wildman–Crippen LogP) is 2.40. The van der Waals surface area contributed by atoms with Crippen molar-refractivity contribution in [2.45, 2.75) is 31.7 Å². The van der Waals surface area contributed by atoms with Crippen LogP contribution in [0.3, 0.4) is 0 Å². The molecular weight excluding hydrogens is 317 g/mol. The van der Waals surface area contributed by atoms with Crippen molar-refractivity contribution in [2.24, 2.45) is 5.92 Å². The Bertz CT molecular complexity index is 712. The lowest BCUT2D eigenvalue weighted by atomic mass is 9.80. The van der Waals surface area contributed by atoms with Crippen LogP contribution >= 0.6 is 0 Å². The van der Waals surface area contributed by atoms with Gasteiger partial charge in [-0.15, -0.1) is 5.10 Å².